The summed E-state index contributed by atoms with van der Waals surface area (Å²) in [7, 11) is 1.66. The van der Waals surface area contributed by atoms with Crippen molar-refractivity contribution in [3.63, 3.8) is 0 Å². The van der Waals surface area contributed by atoms with Crippen molar-refractivity contribution in [1.29, 1.82) is 0 Å². The Hall–Kier alpha value is -2.22. The van der Waals surface area contributed by atoms with Gasteiger partial charge in [-0.05, 0) is 22.4 Å². The summed E-state index contributed by atoms with van der Waals surface area (Å²) in [6.45, 7) is 0.491. The third kappa shape index (κ3) is 2.72. The van der Waals surface area contributed by atoms with E-state index in [2.05, 4.69) is 20.6 Å². The Morgan fingerprint density at radius 1 is 1.56 bits per heavy atom. The maximum Gasteiger partial charge on any atom is 0.329 e. The molecule has 0 saturated heterocycles. The Kier molecular flexibility index (Phi) is 3.68. The maximum atomic E-state index is 10.8. The van der Waals surface area contributed by atoms with Gasteiger partial charge >= 0.3 is 5.69 Å². The smallest absolute Gasteiger partial charge is 0.329 e. The van der Waals surface area contributed by atoms with Gasteiger partial charge in [-0.2, -0.15) is 16.3 Å². The van der Waals surface area contributed by atoms with Crippen LogP contribution in [0.5, 0.6) is 0 Å². The molecule has 0 atom stereocenters. The van der Waals surface area contributed by atoms with E-state index in [1.807, 2.05) is 16.8 Å². The zero-order chi connectivity index (χ0) is 13.0. The Balaban J connectivity index is 2.20. The first-order valence-electron chi connectivity index (χ1n) is 5.15. The van der Waals surface area contributed by atoms with Gasteiger partial charge in [-0.25, -0.2) is 4.98 Å². The number of aromatic nitrogens is 2. The second kappa shape index (κ2) is 5.41. The molecule has 2 N–H and O–H groups in total. The molecule has 0 amide bonds. The lowest BCUT2D eigenvalue weighted by Crippen LogP contribution is -2.07. The first kappa shape index (κ1) is 12.2. The van der Waals surface area contributed by atoms with E-state index in [9.17, 15) is 10.1 Å². The number of nitrogens with zero attached hydrogens (tertiary/aromatic N) is 3. The summed E-state index contributed by atoms with van der Waals surface area (Å²) < 4.78 is 0. The molecule has 0 saturated carbocycles. The minimum absolute atomic E-state index is 0.135. The number of hydrogen-bond donors (Lipinski definition) is 2. The van der Waals surface area contributed by atoms with Crippen molar-refractivity contribution in [2.24, 2.45) is 0 Å². The summed E-state index contributed by atoms with van der Waals surface area (Å²) in [5.74, 6) is 0.555. The lowest BCUT2D eigenvalue weighted by Gasteiger charge is -2.06. The second-order valence-electron chi connectivity index (χ2n) is 3.42. The van der Waals surface area contributed by atoms with Gasteiger partial charge in [-0.1, -0.05) is 0 Å². The molecule has 2 aromatic heterocycles. The van der Waals surface area contributed by atoms with E-state index in [1.54, 1.807) is 18.4 Å². The van der Waals surface area contributed by atoms with Gasteiger partial charge in [0.1, 0.15) is 6.20 Å². The largest absolute Gasteiger partial charge is 0.360 e. The fourth-order valence-electron chi connectivity index (χ4n) is 1.34. The summed E-state index contributed by atoms with van der Waals surface area (Å²) in [5, 5.41) is 20.5. The molecule has 8 heteroatoms. The molecule has 0 aliphatic rings. The van der Waals surface area contributed by atoms with E-state index in [1.165, 1.54) is 6.20 Å². The molecule has 0 unspecified atom stereocenters. The highest BCUT2D eigenvalue weighted by Crippen LogP contribution is 2.22. The number of nitro groups is 1. The van der Waals surface area contributed by atoms with Crippen LogP contribution in [0, 0.1) is 10.1 Å². The van der Waals surface area contributed by atoms with E-state index in [0.717, 1.165) is 5.56 Å². The van der Waals surface area contributed by atoms with Crippen molar-refractivity contribution in [2.75, 3.05) is 17.7 Å². The first-order chi connectivity index (χ1) is 8.70. The Labute approximate surface area is 107 Å². The van der Waals surface area contributed by atoms with Crippen LogP contribution in [0.3, 0.4) is 0 Å². The summed E-state index contributed by atoms with van der Waals surface area (Å²) in [6, 6.07) is 1.95. The van der Waals surface area contributed by atoms with Gasteiger partial charge < -0.3 is 10.6 Å². The normalized spacial score (nSPS) is 10.1. The number of hydrogen-bond acceptors (Lipinski definition) is 7. The van der Waals surface area contributed by atoms with Crippen LogP contribution < -0.4 is 10.6 Å². The molecule has 2 aromatic rings. The van der Waals surface area contributed by atoms with Crippen molar-refractivity contribution in [3.05, 3.63) is 38.7 Å². The summed E-state index contributed by atoms with van der Waals surface area (Å²) in [5.41, 5.74) is 0.920. The van der Waals surface area contributed by atoms with Gasteiger partial charge in [-0.15, -0.1) is 0 Å². The lowest BCUT2D eigenvalue weighted by molar-refractivity contribution is -0.384. The van der Waals surface area contributed by atoms with E-state index in [4.69, 9.17) is 0 Å². The molecule has 7 nitrogen and oxygen atoms in total. The van der Waals surface area contributed by atoms with E-state index in [-0.39, 0.29) is 11.5 Å². The molecule has 0 fully saturated rings. The molecular formula is C10H11N5O2S. The average molecular weight is 265 g/mol. The van der Waals surface area contributed by atoms with Crippen molar-refractivity contribution in [3.8, 4) is 0 Å². The van der Waals surface area contributed by atoms with E-state index in [0.29, 0.717) is 12.5 Å². The third-order valence-electron chi connectivity index (χ3n) is 2.23. The Morgan fingerprint density at radius 3 is 3.00 bits per heavy atom. The molecule has 18 heavy (non-hydrogen) atoms. The van der Waals surface area contributed by atoms with Crippen LogP contribution in [0.4, 0.5) is 17.5 Å². The molecule has 2 heterocycles. The van der Waals surface area contributed by atoms with Crippen LogP contribution in [0.1, 0.15) is 5.56 Å². The van der Waals surface area contributed by atoms with Crippen LogP contribution in [-0.4, -0.2) is 21.9 Å². The van der Waals surface area contributed by atoms with Crippen molar-refractivity contribution in [2.45, 2.75) is 6.54 Å². The molecule has 2 rings (SSSR count). The predicted octanol–water partition coefficient (Wildman–Crippen LogP) is 2.10. The Morgan fingerprint density at radius 2 is 2.39 bits per heavy atom. The minimum atomic E-state index is -0.505. The topological polar surface area (TPSA) is 93.0 Å². The monoisotopic (exact) mass is 265 g/mol. The molecule has 0 aliphatic carbocycles. The van der Waals surface area contributed by atoms with Crippen molar-refractivity contribution >= 4 is 28.8 Å². The van der Waals surface area contributed by atoms with Gasteiger partial charge in [0, 0.05) is 13.6 Å². The predicted molar refractivity (Wildman–Crippen MR) is 69.9 cm³/mol. The van der Waals surface area contributed by atoms with Crippen LogP contribution in [0.15, 0.2) is 23.0 Å². The van der Waals surface area contributed by atoms with Crippen LogP contribution in [0.25, 0.3) is 0 Å². The molecule has 0 spiro atoms. The zero-order valence-electron chi connectivity index (χ0n) is 9.58. The van der Waals surface area contributed by atoms with Crippen LogP contribution >= 0.6 is 11.3 Å². The van der Waals surface area contributed by atoms with Crippen LogP contribution in [-0.2, 0) is 6.54 Å². The molecule has 94 valence electrons. The highest BCUT2D eigenvalue weighted by molar-refractivity contribution is 7.07. The van der Waals surface area contributed by atoms with Gasteiger partial charge in [-0.3, -0.25) is 10.1 Å². The Bertz CT molecular complexity index is 543. The third-order valence-corrected chi connectivity index (χ3v) is 2.96. The van der Waals surface area contributed by atoms with Crippen LogP contribution in [0.2, 0.25) is 0 Å². The fraction of sp³-hybridized carbons (Fsp3) is 0.200. The minimum Gasteiger partial charge on any atom is -0.360 e. The summed E-state index contributed by atoms with van der Waals surface area (Å²) in [4.78, 5) is 18.2. The molecular weight excluding hydrogens is 254 g/mol. The molecule has 0 radical (unpaired) electrons. The number of anilines is 2. The summed E-state index contributed by atoms with van der Waals surface area (Å²) in [6.07, 6.45) is 1.19. The first-order valence-corrected chi connectivity index (χ1v) is 6.09. The standard InChI is InChI=1S/C10H11N5O2S/c1-11-10-13-5-8(15(16)17)9(14-10)12-4-7-2-3-18-6-7/h2-3,5-6H,4H2,1H3,(H2,11,12,13,14). The van der Waals surface area contributed by atoms with Gasteiger partial charge in [0.15, 0.2) is 0 Å². The molecule has 0 aliphatic heterocycles. The van der Waals surface area contributed by atoms with Crippen molar-refractivity contribution in [1.82, 2.24) is 9.97 Å². The highest BCUT2D eigenvalue weighted by atomic mass is 32.1. The number of thiophene rings is 1. The quantitative estimate of drug-likeness (QED) is 0.635. The molecule has 0 aromatic carbocycles. The number of rotatable bonds is 5. The average Bonchev–Trinajstić information content (AvgIpc) is 2.88. The van der Waals surface area contributed by atoms with Crippen molar-refractivity contribution < 1.29 is 4.92 Å². The zero-order valence-corrected chi connectivity index (χ0v) is 10.4. The highest BCUT2D eigenvalue weighted by Gasteiger charge is 2.16. The second-order valence-corrected chi connectivity index (χ2v) is 4.20. The maximum absolute atomic E-state index is 10.8. The van der Waals surface area contributed by atoms with Gasteiger partial charge in [0.2, 0.25) is 11.8 Å². The summed E-state index contributed by atoms with van der Waals surface area (Å²) >= 11 is 1.57. The molecule has 0 bridgehead atoms. The van der Waals surface area contributed by atoms with Gasteiger partial charge in [0.25, 0.3) is 0 Å². The number of nitrogens with one attached hydrogen (secondary N) is 2. The van der Waals surface area contributed by atoms with E-state index >= 15 is 0 Å². The van der Waals surface area contributed by atoms with E-state index < -0.39 is 4.92 Å². The lowest BCUT2D eigenvalue weighted by atomic mass is 10.3. The fourth-order valence-corrected chi connectivity index (χ4v) is 2.01. The SMILES string of the molecule is CNc1ncc([N+](=O)[O-])c(NCc2ccsc2)n1. The van der Waals surface area contributed by atoms with Gasteiger partial charge in [0.05, 0.1) is 4.92 Å².